The first-order valence-electron chi connectivity index (χ1n) is 8.32. The van der Waals surface area contributed by atoms with E-state index >= 15 is 0 Å². The van der Waals surface area contributed by atoms with Crippen molar-refractivity contribution in [1.82, 2.24) is 20.2 Å². The molecule has 1 amide bonds. The van der Waals surface area contributed by atoms with Gasteiger partial charge in [0, 0.05) is 51.2 Å². The van der Waals surface area contributed by atoms with Crippen molar-refractivity contribution < 1.29 is 9.53 Å². The molecule has 1 fully saturated rings. The van der Waals surface area contributed by atoms with Gasteiger partial charge >= 0.3 is 0 Å². The monoisotopic (exact) mass is 341 g/mol. The molecule has 1 N–H and O–H groups in total. The second kappa shape index (κ2) is 7.94. The topological polar surface area (TPSA) is 70.6 Å². The standard InChI is InChI=1S/C18H23N5O2/c1-22-7-9-23(10-8-22)16-5-3-14(11-19-16)12-21-18(24)15-4-6-17(25-2)20-13-15/h3-6,11,13H,7-10,12H2,1-2H3,(H,21,24). The molecule has 3 rings (SSSR count). The van der Waals surface area contributed by atoms with Gasteiger partial charge in [0.1, 0.15) is 5.82 Å². The van der Waals surface area contributed by atoms with Crippen LogP contribution in [-0.4, -0.2) is 61.1 Å². The molecule has 0 atom stereocenters. The van der Waals surface area contributed by atoms with E-state index in [1.807, 2.05) is 18.3 Å². The lowest BCUT2D eigenvalue weighted by Gasteiger charge is -2.33. The number of carbonyl (C=O) groups is 1. The second-order valence-electron chi connectivity index (χ2n) is 6.09. The minimum absolute atomic E-state index is 0.168. The first-order chi connectivity index (χ1) is 12.2. The Morgan fingerprint density at radius 1 is 1.12 bits per heavy atom. The highest BCUT2D eigenvalue weighted by Crippen LogP contribution is 2.13. The summed E-state index contributed by atoms with van der Waals surface area (Å²) in [7, 11) is 3.68. The van der Waals surface area contributed by atoms with Crippen molar-refractivity contribution in [2.75, 3.05) is 45.2 Å². The average Bonchev–Trinajstić information content (AvgIpc) is 2.67. The summed E-state index contributed by atoms with van der Waals surface area (Å²) >= 11 is 0. The van der Waals surface area contributed by atoms with Gasteiger partial charge in [-0.3, -0.25) is 4.79 Å². The number of amides is 1. The Hall–Kier alpha value is -2.67. The molecule has 0 radical (unpaired) electrons. The number of anilines is 1. The molecule has 0 aliphatic carbocycles. The number of aromatic nitrogens is 2. The van der Waals surface area contributed by atoms with Gasteiger partial charge in [-0.2, -0.15) is 0 Å². The van der Waals surface area contributed by atoms with Gasteiger partial charge < -0.3 is 19.9 Å². The number of piperazine rings is 1. The van der Waals surface area contributed by atoms with Gasteiger partial charge in [-0.25, -0.2) is 9.97 Å². The van der Waals surface area contributed by atoms with Crippen molar-refractivity contribution in [3.8, 4) is 5.88 Å². The summed E-state index contributed by atoms with van der Waals surface area (Å²) in [4.78, 5) is 25.3. The van der Waals surface area contributed by atoms with Crippen LogP contribution in [0.1, 0.15) is 15.9 Å². The van der Waals surface area contributed by atoms with Gasteiger partial charge in [-0.1, -0.05) is 6.07 Å². The average molecular weight is 341 g/mol. The number of hydrogen-bond acceptors (Lipinski definition) is 6. The summed E-state index contributed by atoms with van der Waals surface area (Å²) in [5, 5.41) is 2.88. The predicted octanol–water partition coefficient (Wildman–Crippen LogP) is 1.17. The molecule has 7 nitrogen and oxygen atoms in total. The van der Waals surface area contributed by atoms with Crippen LogP contribution in [0.4, 0.5) is 5.82 Å². The van der Waals surface area contributed by atoms with E-state index in [2.05, 4.69) is 32.1 Å². The van der Waals surface area contributed by atoms with Gasteiger partial charge in [0.2, 0.25) is 5.88 Å². The smallest absolute Gasteiger partial charge is 0.253 e. The molecule has 25 heavy (non-hydrogen) atoms. The molecule has 0 saturated carbocycles. The van der Waals surface area contributed by atoms with Crippen LogP contribution in [-0.2, 0) is 6.54 Å². The summed E-state index contributed by atoms with van der Waals surface area (Å²) in [6.45, 7) is 4.51. The predicted molar refractivity (Wildman–Crippen MR) is 95.9 cm³/mol. The summed E-state index contributed by atoms with van der Waals surface area (Å²) in [6.07, 6.45) is 3.32. The number of nitrogens with zero attached hydrogens (tertiary/aromatic N) is 4. The van der Waals surface area contributed by atoms with Crippen LogP contribution in [0.15, 0.2) is 36.7 Å². The molecular weight excluding hydrogens is 318 g/mol. The maximum Gasteiger partial charge on any atom is 0.253 e. The third-order valence-corrected chi connectivity index (χ3v) is 4.30. The fraction of sp³-hybridized carbons (Fsp3) is 0.389. The van der Waals surface area contributed by atoms with E-state index in [1.54, 1.807) is 19.2 Å². The quantitative estimate of drug-likeness (QED) is 0.880. The van der Waals surface area contributed by atoms with Crippen molar-refractivity contribution in [1.29, 1.82) is 0 Å². The molecule has 3 heterocycles. The van der Waals surface area contributed by atoms with Crippen LogP contribution in [0, 0.1) is 0 Å². The third-order valence-electron chi connectivity index (χ3n) is 4.30. The summed E-state index contributed by atoms with van der Waals surface area (Å²) in [5.74, 6) is 1.31. The lowest BCUT2D eigenvalue weighted by Crippen LogP contribution is -2.44. The lowest BCUT2D eigenvalue weighted by molar-refractivity contribution is 0.0950. The summed E-state index contributed by atoms with van der Waals surface area (Å²) in [6, 6.07) is 7.38. The second-order valence-corrected chi connectivity index (χ2v) is 6.09. The zero-order valence-corrected chi connectivity index (χ0v) is 14.6. The number of ether oxygens (including phenoxy) is 1. The Labute approximate surface area is 147 Å². The van der Waals surface area contributed by atoms with E-state index in [-0.39, 0.29) is 5.91 Å². The molecule has 2 aromatic rings. The highest BCUT2D eigenvalue weighted by atomic mass is 16.5. The number of pyridine rings is 2. The maximum absolute atomic E-state index is 12.1. The van der Waals surface area contributed by atoms with Gasteiger partial charge in [-0.05, 0) is 24.7 Å². The molecule has 1 aliphatic heterocycles. The maximum atomic E-state index is 12.1. The van der Waals surface area contributed by atoms with Gasteiger partial charge in [0.25, 0.3) is 5.91 Å². The fourth-order valence-corrected chi connectivity index (χ4v) is 2.66. The zero-order chi connectivity index (χ0) is 17.6. The van der Waals surface area contributed by atoms with E-state index in [1.165, 1.54) is 6.20 Å². The van der Waals surface area contributed by atoms with Crippen LogP contribution in [0.25, 0.3) is 0 Å². The number of carbonyl (C=O) groups excluding carboxylic acids is 1. The van der Waals surface area contributed by atoms with Crippen LogP contribution >= 0.6 is 0 Å². The van der Waals surface area contributed by atoms with Crippen LogP contribution in [0.5, 0.6) is 5.88 Å². The summed E-state index contributed by atoms with van der Waals surface area (Å²) in [5.41, 5.74) is 1.47. The molecule has 2 aromatic heterocycles. The number of methoxy groups -OCH3 is 1. The first kappa shape index (κ1) is 17.2. The highest BCUT2D eigenvalue weighted by molar-refractivity contribution is 5.93. The molecule has 7 heteroatoms. The molecular formula is C18H23N5O2. The summed E-state index contributed by atoms with van der Waals surface area (Å²) < 4.78 is 4.99. The largest absolute Gasteiger partial charge is 0.481 e. The minimum atomic E-state index is -0.168. The van der Waals surface area contributed by atoms with Crippen molar-refractivity contribution in [3.05, 3.63) is 47.8 Å². The van der Waals surface area contributed by atoms with E-state index in [4.69, 9.17) is 4.74 Å². The lowest BCUT2D eigenvalue weighted by atomic mass is 10.2. The number of nitrogens with one attached hydrogen (secondary N) is 1. The Bertz CT molecular complexity index is 694. The third kappa shape index (κ3) is 4.45. The number of likely N-dealkylation sites (N-methyl/N-ethyl adjacent to an activating group) is 1. The van der Waals surface area contributed by atoms with Gasteiger partial charge in [0.05, 0.1) is 12.7 Å². The minimum Gasteiger partial charge on any atom is -0.481 e. The molecule has 1 aliphatic rings. The zero-order valence-electron chi connectivity index (χ0n) is 14.6. The van der Waals surface area contributed by atoms with E-state index < -0.39 is 0 Å². The Kier molecular flexibility index (Phi) is 5.45. The van der Waals surface area contributed by atoms with Crippen LogP contribution < -0.4 is 15.0 Å². The molecule has 0 unspecified atom stereocenters. The normalized spacial score (nSPS) is 15.0. The van der Waals surface area contributed by atoms with Crippen molar-refractivity contribution >= 4 is 11.7 Å². The van der Waals surface area contributed by atoms with E-state index in [0.717, 1.165) is 37.6 Å². The van der Waals surface area contributed by atoms with Gasteiger partial charge in [-0.15, -0.1) is 0 Å². The Morgan fingerprint density at radius 3 is 2.52 bits per heavy atom. The number of hydrogen-bond donors (Lipinski definition) is 1. The number of rotatable bonds is 5. The SMILES string of the molecule is COc1ccc(C(=O)NCc2ccc(N3CCN(C)CC3)nc2)cn1. The van der Waals surface area contributed by atoms with Crippen LogP contribution in [0.2, 0.25) is 0 Å². The molecule has 0 spiro atoms. The Morgan fingerprint density at radius 2 is 1.92 bits per heavy atom. The van der Waals surface area contributed by atoms with Crippen molar-refractivity contribution in [2.45, 2.75) is 6.54 Å². The Balaban J connectivity index is 1.53. The van der Waals surface area contributed by atoms with Crippen molar-refractivity contribution in [2.24, 2.45) is 0 Å². The highest BCUT2D eigenvalue weighted by Gasteiger charge is 2.15. The van der Waals surface area contributed by atoms with E-state index in [0.29, 0.717) is 18.0 Å². The molecule has 0 aromatic carbocycles. The first-order valence-corrected chi connectivity index (χ1v) is 8.32. The molecule has 132 valence electrons. The van der Waals surface area contributed by atoms with E-state index in [9.17, 15) is 4.79 Å². The fourth-order valence-electron chi connectivity index (χ4n) is 2.66. The van der Waals surface area contributed by atoms with Gasteiger partial charge in [0.15, 0.2) is 0 Å². The molecule has 1 saturated heterocycles. The molecule has 0 bridgehead atoms. The van der Waals surface area contributed by atoms with Crippen LogP contribution in [0.3, 0.4) is 0 Å². The van der Waals surface area contributed by atoms with Crippen molar-refractivity contribution in [3.63, 3.8) is 0 Å².